The Balaban J connectivity index is 2.81. The summed E-state index contributed by atoms with van der Waals surface area (Å²) in [5.41, 5.74) is 8.91. The maximum atomic E-state index is 5.73. The summed E-state index contributed by atoms with van der Waals surface area (Å²) in [6.07, 6.45) is 0. The van der Waals surface area contributed by atoms with Crippen LogP contribution in [0.15, 0.2) is 18.2 Å². The zero-order valence-electron chi connectivity index (χ0n) is 10.6. The SMILES string of the molecule is CCSCC(C)Nc1cc(C)ccc1C(N)=S. The Morgan fingerprint density at radius 1 is 1.53 bits per heavy atom. The van der Waals surface area contributed by atoms with E-state index in [-0.39, 0.29) is 0 Å². The fraction of sp³-hybridized carbons (Fsp3) is 0.462. The molecule has 4 heteroatoms. The minimum absolute atomic E-state index is 0.412. The van der Waals surface area contributed by atoms with Crippen molar-refractivity contribution >= 4 is 34.7 Å². The van der Waals surface area contributed by atoms with E-state index in [0.717, 1.165) is 22.8 Å². The molecule has 1 aromatic carbocycles. The summed E-state index contributed by atoms with van der Waals surface area (Å²) in [5.74, 6) is 2.23. The number of rotatable bonds is 6. The van der Waals surface area contributed by atoms with Gasteiger partial charge in [-0.25, -0.2) is 0 Å². The Morgan fingerprint density at radius 3 is 2.82 bits per heavy atom. The van der Waals surface area contributed by atoms with Crippen LogP contribution in [-0.2, 0) is 0 Å². The van der Waals surface area contributed by atoms with Gasteiger partial charge in [0.25, 0.3) is 0 Å². The van der Waals surface area contributed by atoms with E-state index in [1.807, 2.05) is 23.9 Å². The van der Waals surface area contributed by atoms with Crippen LogP contribution >= 0.6 is 24.0 Å². The predicted molar refractivity (Wildman–Crippen MR) is 83.2 cm³/mol. The molecule has 0 bridgehead atoms. The molecule has 0 aliphatic carbocycles. The Morgan fingerprint density at radius 2 is 2.24 bits per heavy atom. The van der Waals surface area contributed by atoms with E-state index in [9.17, 15) is 0 Å². The third-order valence-corrected chi connectivity index (χ3v) is 3.78. The lowest BCUT2D eigenvalue weighted by Gasteiger charge is -2.18. The van der Waals surface area contributed by atoms with Crippen molar-refractivity contribution in [1.29, 1.82) is 0 Å². The van der Waals surface area contributed by atoms with Gasteiger partial charge in [0.2, 0.25) is 0 Å². The molecule has 0 aliphatic heterocycles. The number of hydrogen-bond acceptors (Lipinski definition) is 3. The number of anilines is 1. The largest absolute Gasteiger partial charge is 0.389 e. The number of thiocarbonyl (C=S) groups is 1. The maximum Gasteiger partial charge on any atom is 0.106 e. The van der Waals surface area contributed by atoms with Gasteiger partial charge in [-0.2, -0.15) is 11.8 Å². The summed E-state index contributed by atoms with van der Waals surface area (Å²) in [4.78, 5) is 0.447. The molecule has 0 fully saturated rings. The second kappa shape index (κ2) is 6.87. The van der Waals surface area contributed by atoms with Crippen molar-refractivity contribution in [2.75, 3.05) is 16.8 Å². The highest BCUT2D eigenvalue weighted by Gasteiger charge is 2.08. The fourth-order valence-electron chi connectivity index (χ4n) is 1.59. The summed E-state index contributed by atoms with van der Waals surface area (Å²) < 4.78 is 0. The van der Waals surface area contributed by atoms with Gasteiger partial charge in [0.05, 0.1) is 0 Å². The Bertz CT molecular complexity index is 391. The van der Waals surface area contributed by atoms with Crippen LogP contribution in [0.25, 0.3) is 0 Å². The number of hydrogen-bond donors (Lipinski definition) is 2. The average Bonchev–Trinajstić information content (AvgIpc) is 2.26. The van der Waals surface area contributed by atoms with E-state index in [4.69, 9.17) is 18.0 Å². The van der Waals surface area contributed by atoms with E-state index in [1.165, 1.54) is 5.56 Å². The number of nitrogens with one attached hydrogen (secondary N) is 1. The molecule has 1 atom stereocenters. The predicted octanol–water partition coefficient (Wildman–Crippen LogP) is 3.18. The van der Waals surface area contributed by atoms with E-state index in [0.29, 0.717) is 11.0 Å². The van der Waals surface area contributed by atoms with Crippen molar-refractivity contribution in [2.24, 2.45) is 5.73 Å². The van der Waals surface area contributed by atoms with Gasteiger partial charge in [-0.15, -0.1) is 0 Å². The van der Waals surface area contributed by atoms with Crippen LogP contribution in [0.2, 0.25) is 0 Å². The van der Waals surface area contributed by atoms with Gasteiger partial charge in [0.15, 0.2) is 0 Å². The topological polar surface area (TPSA) is 38.0 Å². The van der Waals surface area contributed by atoms with Gasteiger partial charge < -0.3 is 11.1 Å². The normalized spacial score (nSPS) is 12.2. The standard InChI is InChI=1S/C13H20N2S2/c1-4-17-8-10(3)15-12-7-9(2)5-6-11(12)13(14)16/h5-7,10,15H,4,8H2,1-3H3,(H2,14,16). The smallest absolute Gasteiger partial charge is 0.106 e. The van der Waals surface area contributed by atoms with Crippen molar-refractivity contribution in [2.45, 2.75) is 26.8 Å². The van der Waals surface area contributed by atoms with E-state index >= 15 is 0 Å². The molecule has 17 heavy (non-hydrogen) atoms. The minimum atomic E-state index is 0.412. The van der Waals surface area contributed by atoms with Gasteiger partial charge in [0.1, 0.15) is 4.99 Å². The molecule has 94 valence electrons. The van der Waals surface area contributed by atoms with Gasteiger partial charge >= 0.3 is 0 Å². The summed E-state index contributed by atoms with van der Waals surface area (Å²) in [6.45, 7) is 6.42. The molecule has 0 amide bonds. The third-order valence-electron chi connectivity index (χ3n) is 2.41. The average molecular weight is 268 g/mol. The molecule has 3 N–H and O–H groups in total. The fourth-order valence-corrected chi connectivity index (χ4v) is 2.44. The van der Waals surface area contributed by atoms with Crippen LogP contribution in [0.5, 0.6) is 0 Å². The van der Waals surface area contributed by atoms with Gasteiger partial charge in [0, 0.05) is 23.0 Å². The molecule has 0 spiro atoms. The van der Waals surface area contributed by atoms with Crippen LogP contribution in [0, 0.1) is 6.92 Å². The number of thioether (sulfide) groups is 1. The van der Waals surface area contributed by atoms with Crippen molar-refractivity contribution in [1.82, 2.24) is 0 Å². The lowest BCUT2D eigenvalue weighted by molar-refractivity contribution is 0.912. The van der Waals surface area contributed by atoms with Crippen molar-refractivity contribution in [3.05, 3.63) is 29.3 Å². The zero-order valence-corrected chi connectivity index (χ0v) is 12.3. The number of nitrogens with two attached hydrogens (primary N) is 1. The highest BCUT2D eigenvalue weighted by molar-refractivity contribution is 7.99. The molecule has 0 heterocycles. The second-order valence-electron chi connectivity index (χ2n) is 4.12. The third kappa shape index (κ3) is 4.56. The molecule has 0 aromatic heterocycles. The molecule has 0 saturated carbocycles. The van der Waals surface area contributed by atoms with Crippen LogP contribution in [0.4, 0.5) is 5.69 Å². The van der Waals surface area contributed by atoms with Gasteiger partial charge in [-0.1, -0.05) is 25.2 Å². The molecular weight excluding hydrogens is 248 g/mol. The summed E-state index contributed by atoms with van der Waals surface area (Å²) in [6, 6.07) is 6.53. The number of aryl methyl sites for hydroxylation is 1. The summed E-state index contributed by atoms with van der Waals surface area (Å²) >= 11 is 6.99. The van der Waals surface area contributed by atoms with Crippen molar-refractivity contribution in [3.8, 4) is 0 Å². The molecule has 1 rings (SSSR count). The van der Waals surface area contributed by atoms with Crippen LogP contribution in [-0.4, -0.2) is 22.5 Å². The number of benzene rings is 1. The highest BCUT2D eigenvalue weighted by Crippen LogP contribution is 2.19. The second-order valence-corrected chi connectivity index (χ2v) is 5.88. The van der Waals surface area contributed by atoms with Crippen molar-refractivity contribution in [3.63, 3.8) is 0 Å². The first kappa shape index (κ1) is 14.3. The monoisotopic (exact) mass is 268 g/mol. The highest BCUT2D eigenvalue weighted by atomic mass is 32.2. The molecule has 0 aliphatic rings. The molecular formula is C13H20N2S2. The molecule has 0 saturated heterocycles. The lowest BCUT2D eigenvalue weighted by Crippen LogP contribution is -2.21. The van der Waals surface area contributed by atoms with Crippen LogP contribution in [0.1, 0.15) is 25.0 Å². The molecule has 0 radical (unpaired) electrons. The van der Waals surface area contributed by atoms with Gasteiger partial charge in [-0.3, -0.25) is 0 Å². The van der Waals surface area contributed by atoms with Crippen LogP contribution < -0.4 is 11.1 Å². The Hall–Kier alpha value is -0.740. The zero-order chi connectivity index (χ0) is 12.8. The Kier molecular flexibility index (Phi) is 5.78. The van der Waals surface area contributed by atoms with Gasteiger partial charge in [-0.05, 0) is 37.3 Å². The molecule has 1 unspecified atom stereocenters. The van der Waals surface area contributed by atoms with E-state index in [1.54, 1.807) is 0 Å². The summed E-state index contributed by atoms with van der Waals surface area (Å²) in [7, 11) is 0. The van der Waals surface area contributed by atoms with Crippen molar-refractivity contribution < 1.29 is 0 Å². The first-order valence-corrected chi connectivity index (χ1v) is 7.35. The van der Waals surface area contributed by atoms with E-state index in [2.05, 4.69) is 32.2 Å². The first-order chi connectivity index (χ1) is 8.04. The van der Waals surface area contributed by atoms with Crippen LogP contribution in [0.3, 0.4) is 0 Å². The minimum Gasteiger partial charge on any atom is -0.389 e. The molecule has 1 aromatic rings. The molecule has 2 nitrogen and oxygen atoms in total. The first-order valence-electron chi connectivity index (χ1n) is 5.79. The summed E-state index contributed by atoms with van der Waals surface area (Å²) in [5, 5.41) is 3.48. The van der Waals surface area contributed by atoms with E-state index < -0.39 is 0 Å². The lowest BCUT2D eigenvalue weighted by atomic mass is 10.1. The Labute approximate surface area is 113 Å². The maximum absolute atomic E-state index is 5.73. The quantitative estimate of drug-likeness (QED) is 0.777.